The standard InChI is InChI=1S/C18H19NO6/c1-4-24-17-11-15(19(21)22)14(10-16(17)23-3)18(20)25-12(2)13-8-6-5-7-9-13/h5-12H,4H2,1-3H3/t12-/m1/s1. The summed E-state index contributed by atoms with van der Waals surface area (Å²) < 4.78 is 15.9. The van der Waals surface area contributed by atoms with Crippen molar-refractivity contribution in [2.75, 3.05) is 13.7 Å². The molecule has 2 rings (SSSR count). The lowest BCUT2D eigenvalue weighted by Crippen LogP contribution is -2.12. The molecule has 7 nitrogen and oxygen atoms in total. The number of hydrogen-bond donors (Lipinski definition) is 0. The Hall–Kier alpha value is -3.09. The van der Waals surface area contributed by atoms with Crippen molar-refractivity contribution in [1.29, 1.82) is 0 Å². The molecule has 0 amide bonds. The van der Waals surface area contributed by atoms with E-state index in [9.17, 15) is 14.9 Å². The van der Waals surface area contributed by atoms with Gasteiger partial charge in [-0.15, -0.1) is 0 Å². The van der Waals surface area contributed by atoms with Crippen molar-refractivity contribution < 1.29 is 23.9 Å². The van der Waals surface area contributed by atoms with E-state index < -0.39 is 22.7 Å². The van der Waals surface area contributed by atoms with E-state index >= 15 is 0 Å². The molecule has 25 heavy (non-hydrogen) atoms. The fourth-order valence-corrected chi connectivity index (χ4v) is 2.31. The van der Waals surface area contributed by atoms with Crippen molar-refractivity contribution >= 4 is 11.7 Å². The van der Waals surface area contributed by atoms with Crippen LogP contribution in [0, 0.1) is 10.1 Å². The molecule has 2 aromatic rings. The Morgan fingerprint density at radius 2 is 1.88 bits per heavy atom. The molecule has 132 valence electrons. The van der Waals surface area contributed by atoms with Gasteiger partial charge < -0.3 is 14.2 Å². The second-order valence-corrected chi connectivity index (χ2v) is 5.17. The van der Waals surface area contributed by atoms with Crippen LogP contribution in [0.4, 0.5) is 5.69 Å². The molecule has 7 heteroatoms. The highest BCUT2D eigenvalue weighted by Gasteiger charge is 2.27. The lowest BCUT2D eigenvalue weighted by atomic mass is 10.1. The topological polar surface area (TPSA) is 87.9 Å². The van der Waals surface area contributed by atoms with E-state index in [0.717, 1.165) is 5.56 Å². The predicted molar refractivity (Wildman–Crippen MR) is 91.1 cm³/mol. The molecular weight excluding hydrogens is 326 g/mol. The first kappa shape index (κ1) is 18.3. The lowest BCUT2D eigenvalue weighted by Gasteiger charge is -2.15. The van der Waals surface area contributed by atoms with Gasteiger partial charge in [-0.25, -0.2) is 4.79 Å². The second-order valence-electron chi connectivity index (χ2n) is 5.17. The molecule has 0 saturated heterocycles. The average molecular weight is 345 g/mol. The normalized spacial score (nSPS) is 11.5. The summed E-state index contributed by atoms with van der Waals surface area (Å²) in [5.41, 5.74) is 0.207. The molecule has 0 fully saturated rings. The van der Waals surface area contributed by atoms with E-state index in [4.69, 9.17) is 14.2 Å². The summed E-state index contributed by atoms with van der Waals surface area (Å²) in [4.78, 5) is 23.2. The van der Waals surface area contributed by atoms with Gasteiger partial charge in [0, 0.05) is 6.07 Å². The Balaban J connectivity index is 2.35. The van der Waals surface area contributed by atoms with Gasteiger partial charge in [0.25, 0.3) is 5.69 Å². The number of ether oxygens (including phenoxy) is 3. The quantitative estimate of drug-likeness (QED) is 0.429. The number of nitro groups is 1. The highest BCUT2D eigenvalue weighted by Crippen LogP contribution is 2.35. The molecule has 0 unspecified atom stereocenters. The SMILES string of the molecule is CCOc1cc([N+](=O)[O-])c(C(=O)O[C@H](C)c2ccccc2)cc1OC. The van der Waals surface area contributed by atoms with Crippen LogP contribution in [0.15, 0.2) is 42.5 Å². The summed E-state index contributed by atoms with van der Waals surface area (Å²) in [5, 5.41) is 11.3. The number of benzene rings is 2. The molecule has 0 aliphatic rings. The van der Waals surface area contributed by atoms with Crippen LogP contribution < -0.4 is 9.47 Å². The summed E-state index contributed by atoms with van der Waals surface area (Å²) in [6.07, 6.45) is -0.550. The van der Waals surface area contributed by atoms with Crippen LogP contribution in [0.5, 0.6) is 11.5 Å². The molecule has 0 bridgehead atoms. The summed E-state index contributed by atoms with van der Waals surface area (Å²) >= 11 is 0. The molecule has 0 saturated carbocycles. The lowest BCUT2D eigenvalue weighted by molar-refractivity contribution is -0.385. The van der Waals surface area contributed by atoms with Gasteiger partial charge in [0.15, 0.2) is 11.5 Å². The molecular formula is C18H19NO6. The van der Waals surface area contributed by atoms with Crippen molar-refractivity contribution in [3.63, 3.8) is 0 Å². The van der Waals surface area contributed by atoms with Gasteiger partial charge in [-0.3, -0.25) is 10.1 Å². The fourth-order valence-electron chi connectivity index (χ4n) is 2.31. The van der Waals surface area contributed by atoms with E-state index in [1.54, 1.807) is 13.8 Å². The van der Waals surface area contributed by atoms with Crippen LogP contribution in [0.2, 0.25) is 0 Å². The highest BCUT2D eigenvalue weighted by atomic mass is 16.6. The monoisotopic (exact) mass is 345 g/mol. The maximum Gasteiger partial charge on any atom is 0.345 e. The molecule has 0 aliphatic carbocycles. The first-order valence-electron chi connectivity index (χ1n) is 7.73. The molecule has 1 atom stereocenters. The number of esters is 1. The maximum atomic E-state index is 12.5. The van der Waals surface area contributed by atoms with Crippen LogP contribution in [0.3, 0.4) is 0 Å². The van der Waals surface area contributed by atoms with Crippen molar-refractivity contribution in [2.24, 2.45) is 0 Å². The van der Waals surface area contributed by atoms with Gasteiger partial charge in [0.1, 0.15) is 11.7 Å². The summed E-state index contributed by atoms with van der Waals surface area (Å²) in [5.74, 6) is -0.375. The van der Waals surface area contributed by atoms with Crippen LogP contribution in [-0.2, 0) is 4.74 Å². The minimum Gasteiger partial charge on any atom is -0.493 e. The zero-order chi connectivity index (χ0) is 18.4. The Morgan fingerprint density at radius 1 is 1.20 bits per heavy atom. The number of carbonyl (C=O) groups is 1. The van der Waals surface area contributed by atoms with Crippen LogP contribution in [-0.4, -0.2) is 24.6 Å². The Kier molecular flexibility index (Phi) is 5.94. The fraction of sp³-hybridized carbons (Fsp3) is 0.278. The first-order chi connectivity index (χ1) is 12.0. The molecule has 0 radical (unpaired) electrons. The van der Waals surface area contributed by atoms with Crippen LogP contribution in [0.25, 0.3) is 0 Å². The van der Waals surface area contributed by atoms with Gasteiger partial charge in [0.2, 0.25) is 0 Å². The minimum absolute atomic E-state index is 0.187. The van der Waals surface area contributed by atoms with E-state index in [0.29, 0.717) is 6.61 Å². The van der Waals surface area contributed by atoms with Gasteiger partial charge >= 0.3 is 5.97 Å². The maximum absolute atomic E-state index is 12.5. The molecule has 0 aliphatic heterocycles. The van der Waals surface area contributed by atoms with Crippen LogP contribution >= 0.6 is 0 Å². The Bertz CT molecular complexity index is 760. The van der Waals surface area contributed by atoms with Gasteiger partial charge in [0.05, 0.1) is 24.7 Å². The smallest absolute Gasteiger partial charge is 0.345 e. The van der Waals surface area contributed by atoms with Crippen LogP contribution in [0.1, 0.15) is 35.9 Å². The summed E-state index contributed by atoms with van der Waals surface area (Å²) in [7, 11) is 1.39. The largest absolute Gasteiger partial charge is 0.493 e. The molecule has 0 heterocycles. The average Bonchev–Trinajstić information content (AvgIpc) is 2.62. The van der Waals surface area contributed by atoms with E-state index in [1.807, 2.05) is 30.3 Å². The van der Waals surface area contributed by atoms with Gasteiger partial charge in [-0.2, -0.15) is 0 Å². The van der Waals surface area contributed by atoms with E-state index in [-0.39, 0.29) is 17.1 Å². The van der Waals surface area contributed by atoms with E-state index in [1.165, 1.54) is 19.2 Å². The number of rotatable bonds is 7. The third-order valence-corrected chi connectivity index (χ3v) is 3.55. The molecule has 2 aromatic carbocycles. The predicted octanol–water partition coefficient (Wildman–Crippen LogP) is 3.92. The zero-order valence-electron chi connectivity index (χ0n) is 14.2. The third kappa shape index (κ3) is 4.26. The number of methoxy groups -OCH3 is 1. The molecule has 0 spiro atoms. The zero-order valence-corrected chi connectivity index (χ0v) is 14.2. The summed E-state index contributed by atoms with van der Waals surface area (Å²) in [6.45, 7) is 3.75. The molecule has 0 N–H and O–H groups in total. The van der Waals surface area contributed by atoms with Gasteiger partial charge in [-0.1, -0.05) is 30.3 Å². The van der Waals surface area contributed by atoms with Crippen molar-refractivity contribution in [1.82, 2.24) is 0 Å². The van der Waals surface area contributed by atoms with Crippen molar-refractivity contribution in [3.8, 4) is 11.5 Å². The highest BCUT2D eigenvalue weighted by molar-refractivity contribution is 5.95. The minimum atomic E-state index is -0.801. The van der Waals surface area contributed by atoms with Gasteiger partial charge in [-0.05, 0) is 19.4 Å². The summed E-state index contributed by atoms with van der Waals surface area (Å²) in [6, 6.07) is 11.6. The van der Waals surface area contributed by atoms with E-state index in [2.05, 4.69) is 0 Å². The van der Waals surface area contributed by atoms with Crippen molar-refractivity contribution in [2.45, 2.75) is 20.0 Å². The molecule has 0 aromatic heterocycles. The Morgan fingerprint density at radius 3 is 2.44 bits per heavy atom. The first-order valence-corrected chi connectivity index (χ1v) is 7.73. The Labute approximate surface area is 145 Å². The van der Waals surface area contributed by atoms with Crippen molar-refractivity contribution in [3.05, 3.63) is 63.7 Å². The number of carbonyl (C=O) groups excluding carboxylic acids is 1. The number of nitrogens with zero attached hydrogens (tertiary/aromatic N) is 1. The second kappa shape index (κ2) is 8.14. The third-order valence-electron chi connectivity index (χ3n) is 3.55. The number of hydrogen-bond acceptors (Lipinski definition) is 6. The number of nitro benzene ring substituents is 1.